The first kappa shape index (κ1) is 17.4. The number of ether oxygens (including phenoxy) is 1. The predicted octanol–water partition coefficient (Wildman–Crippen LogP) is -2.16. The fourth-order valence-corrected chi connectivity index (χ4v) is 1.99. The van der Waals surface area contributed by atoms with Crippen LogP contribution in [0.3, 0.4) is 0 Å². The Morgan fingerprint density at radius 1 is 1.43 bits per heavy atom. The number of aliphatic hydroxyl groups excluding tert-OH is 3. The SMILES string of the molecule is C#CCCC(=O)NCC(O)C1OC(C(=O)O)CC(O)C1O. The summed E-state index contributed by atoms with van der Waals surface area (Å²) in [6, 6.07) is 0. The molecule has 0 aromatic heterocycles. The van der Waals surface area contributed by atoms with E-state index in [2.05, 4.69) is 11.2 Å². The molecule has 0 aromatic rings. The number of hydrogen-bond acceptors (Lipinski definition) is 6. The zero-order chi connectivity index (χ0) is 16.0. The molecule has 0 aliphatic carbocycles. The Balaban J connectivity index is 2.54. The van der Waals surface area contributed by atoms with Crippen LogP contribution in [-0.2, 0) is 14.3 Å². The maximum Gasteiger partial charge on any atom is 0.332 e. The number of aliphatic carboxylic acids is 1. The Morgan fingerprint density at radius 3 is 2.67 bits per heavy atom. The minimum absolute atomic E-state index is 0.0949. The molecule has 1 saturated heterocycles. The van der Waals surface area contributed by atoms with Crippen LogP contribution in [0.5, 0.6) is 0 Å². The molecule has 1 heterocycles. The molecule has 1 aliphatic rings. The molecule has 0 radical (unpaired) electrons. The maximum atomic E-state index is 11.3. The molecule has 0 bridgehead atoms. The van der Waals surface area contributed by atoms with Crippen LogP contribution in [0.1, 0.15) is 19.3 Å². The van der Waals surface area contributed by atoms with Gasteiger partial charge in [0, 0.05) is 25.8 Å². The van der Waals surface area contributed by atoms with E-state index >= 15 is 0 Å². The van der Waals surface area contributed by atoms with Crippen molar-refractivity contribution in [2.24, 2.45) is 0 Å². The molecule has 21 heavy (non-hydrogen) atoms. The number of hydrogen-bond donors (Lipinski definition) is 5. The van der Waals surface area contributed by atoms with Crippen molar-refractivity contribution in [1.82, 2.24) is 5.32 Å². The number of aliphatic hydroxyl groups is 3. The fourth-order valence-electron chi connectivity index (χ4n) is 1.99. The fraction of sp³-hybridized carbons (Fsp3) is 0.692. The van der Waals surface area contributed by atoms with Crippen LogP contribution >= 0.6 is 0 Å². The highest BCUT2D eigenvalue weighted by atomic mass is 16.5. The van der Waals surface area contributed by atoms with Gasteiger partial charge in [-0.05, 0) is 0 Å². The lowest BCUT2D eigenvalue weighted by molar-refractivity contribution is -0.208. The molecule has 0 spiro atoms. The van der Waals surface area contributed by atoms with Crippen LogP contribution in [0, 0.1) is 12.3 Å². The summed E-state index contributed by atoms with van der Waals surface area (Å²) in [5.41, 5.74) is 0. The zero-order valence-electron chi connectivity index (χ0n) is 11.3. The standard InChI is InChI=1S/C13H19NO7/c1-2-3-4-10(17)14-6-8(16)12-11(18)7(15)5-9(21-12)13(19)20/h1,7-9,11-12,15-16,18H,3-6H2,(H,14,17)(H,19,20). The van der Waals surface area contributed by atoms with Gasteiger partial charge in [-0.2, -0.15) is 0 Å². The van der Waals surface area contributed by atoms with Crippen molar-refractivity contribution in [3.63, 3.8) is 0 Å². The first-order valence-electron chi connectivity index (χ1n) is 6.49. The van der Waals surface area contributed by atoms with Crippen LogP contribution in [-0.4, -0.2) is 69.4 Å². The van der Waals surface area contributed by atoms with Crippen LogP contribution < -0.4 is 5.32 Å². The number of terminal acetylenes is 1. The largest absolute Gasteiger partial charge is 0.479 e. The molecule has 5 atom stereocenters. The van der Waals surface area contributed by atoms with Gasteiger partial charge in [0.1, 0.15) is 18.3 Å². The third kappa shape index (κ3) is 4.99. The van der Waals surface area contributed by atoms with E-state index in [1.807, 2.05) is 0 Å². The van der Waals surface area contributed by atoms with Gasteiger partial charge in [-0.3, -0.25) is 4.79 Å². The molecular weight excluding hydrogens is 282 g/mol. The van der Waals surface area contributed by atoms with E-state index in [0.717, 1.165) is 0 Å². The number of amides is 1. The van der Waals surface area contributed by atoms with Gasteiger partial charge in [-0.1, -0.05) is 0 Å². The molecule has 5 N–H and O–H groups in total. The van der Waals surface area contributed by atoms with Crippen molar-refractivity contribution in [2.45, 2.75) is 49.8 Å². The second-order valence-corrected chi connectivity index (χ2v) is 4.80. The lowest BCUT2D eigenvalue weighted by Gasteiger charge is -2.37. The average molecular weight is 301 g/mol. The van der Waals surface area contributed by atoms with Gasteiger partial charge in [0.25, 0.3) is 0 Å². The minimum atomic E-state index is -1.43. The number of carboxylic acids is 1. The van der Waals surface area contributed by atoms with Crippen molar-refractivity contribution >= 4 is 11.9 Å². The summed E-state index contributed by atoms with van der Waals surface area (Å²) in [7, 11) is 0. The van der Waals surface area contributed by atoms with Gasteiger partial charge in [-0.15, -0.1) is 12.3 Å². The van der Waals surface area contributed by atoms with E-state index in [1.165, 1.54) is 0 Å². The summed E-state index contributed by atoms with van der Waals surface area (Å²) in [5.74, 6) is 0.617. The van der Waals surface area contributed by atoms with Gasteiger partial charge in [0.05, 0.1) is 6.10 Å². The number of carbonyl (C=O) groups excluding carboxylic acids is 1. The Morgan fingerprint density at radius 2 is 2.10 bits per heavy atom. The Hall–Kier alpha value is -1.66. The molecule has 1 amide bonds. The number of rotatable bonds is 6. The Kier molecular flexibility index (Phi) is 6.58. The second-order valence-electron chi connectivity index (χ2n) is 4.80. The van der Waals surface area contributed by atoms with E-state index in [0.29, 0.717) is 0 Å². The first-order chi connectivity index (χ1) is 9.86. The molecule has 0 saturated carbocycles. The molecular formula is C13H19NO7. The van der Waals surface area contributed by atoms with Gasteiger partial charge < -0.3 is 30.5 Å². The third-order valence-electron chi connectivity index (χ3n) is 3.17. The first-order valence-corrected chi connectivity index (χ1v) is 6.49. The predicted molar refractivity (Wildman–Crippen MR) is 70.0 cm³/mol. The second kappa shape index (κ2) is 7.95. The molecule has 8 nitrogen and oxygen atoms in total. The van der Waals surface area contributed by atoms with Crippen molar-refractivity contribution in [3.05, 3.63) is 0 Å². The molecule has 1 aliphatic heterocycles. The van der Waals surface area contributed by atoms with E-state index in [-0.39, 0.29) is 31.7 Å². The van der Waals surface area contributed by atoms with E-state index in [4.69, 9.17) is 16.3 Å². The Labute approximate surface area is 121 Å². The van der Waals surface area contributed by atoms with Crippen LogP contribution in [0.2, 0.25) is 0 Å². The molecule has 1 rings (SSSR count). The monoisotopic (exact) mass is 301 g/mol. The topological polar surface area (TPSA) is 136 Å². The highest BCUT2D eigenvalue weighted by Crippen LogP contribution is 2.22. The minimum Gasteiger partial charge on any atom is -0.479 e. The maximum absolute atomic E-state index is 11.3. The van der Waals surface area contributed by atoms with E-state index in [9.17, 15) is 24.9 Å². The quantitative estimate of drug-likeness (QED) is 0.352. The smallest absolute Gasteiger partial charge is 0.332 e. The van der Waals surface area contributed by atoms with Crippen molar-refractivity contribution < 1.29 is 34.8 Å². The van der Waals surface area contributed by atoms with Crippen molar-refractivity contribution in [3.8, 4) is 12.3 Å². The third-order valence-corrected chi connectivity index (χ3v) is 3.17. The molecule has 8 heteroatoms. The van der Waals surface area contributed by atoms with E-state index in [1.54, 1.807) is 0 Å². The van der Waals surface area contributed by atoms with Gasteiger partial charge in [-0.25, -0.2) is 4.79 Å². The Bertz CT molecular complexity index is 419. The highest BCUT2D eigenvalue weighted by Gasteiger charge is 2.42. The zero-order valence-corrected chi connectivity index (χ0v) is 11.3. The molecule has 0 aromatic carbocycles. The van der Waals surface area contributed by atoms with E-state index < -0.39 is 36.5 Å². The van der Waals surface area contributed by atoms with Crippen LogP contribution in [0.4, 0.5) is 0 Å². The summed E-state index contributed by atoms with van der Waals surface area (Å²) in [5, 5.41) is 40.5. The van der Waals surface area contributed by atoms with Crippen molar-refractivity contribution in [2.75, 3.05) is 6.54 Å². The van der Waals surface area contributed by atoms with Gasteiger partial charge >= 0.3 is 5.97 Å². The van der Waals surface area contributed by atoms with Crippen molar-refractivity contribution in [1.29, 1.82) is 0 Å². The lowest BCUT2D eigenvalue weighted by atomic mass is 9.94. The number of carboxylic acid groups (broad SMARTS) is 1. The van der Waals surface area contributed by atoms with Crippen LogP contribution in [0.25, 0.3) is 0 Å². The normalized spacial score (nSPS) is 30.2. The van der Waals surface area contributed by atoms with Gasteiger partial charge in [0.15, 0.2) is 6.10 Å². The summed E-state index contributed by atoms with van der Waals surface area (Å²) < 4.78 is 5.06. The molecule has 1 fully saturated rings. The van der Waals surface area contributed by atoms with Crippen LogP contribution in [0.15, 0.2) is 0 Å². The average Bonchev–Trinajstić information content (AvgIpc) is 2.44. The van der Waals surface area contributed by atoms with Gasteiger partial charge in [0.2, 0.25) is 5.91 Å². The summed E-state index contributed by atoms with van der Waals surface area (Å²) in [6.45, 7) is -0.246. The molecule has 5 unspecified atom stereocenters. The summed E-state index contributed by atoms with van der Waals surface area (Å²) in [6.07, 6.45) is -1.64. The lowest BCUT2D eigenvalue weighted by Crippen LogP contribution is -2.57. The summed E-state index contributed by atoms with van der Waals surface area (Å²) in [4.78, 5) is 22.2. The highest BCUT2D eigenvalue weighted by molar-refractivity contribution is 5.76. The number of nitrogens with one attached hydrogen (secondary N) is 1. The summed E-state index contributed by atoms with van der Waals surface area (Å²) >= 11 is 0. The molecule has 118 valence electrons. The number of carbonyl (C=O) groups is 2.